The van der Waals surface area contributed by atoms with Gasteiger partial charge in [-0.25, -0.2) is 4.79 Å². The normalized spacial score (nSPS) is 21.4. The maximum absolute atomic E-state index is 12.1. The van der Waals surface area contributed by atoms with E-state index in [-0.39, 0.29) is 19.0 Å². The summed E-state index contributed by atoms with van der Waals surface area (Å²) in [6.07, 6.45) is -1.02. The topological polar surface area (TPSA) is 110 Å². The van der Waals surface area contributed by atoms with Crippen LogP contribution in [0, 0.1) is 0 Å². The number of aliphatic hydroxyl groups is 1. The molecule has 10 heteroatoms. The molecule has 0 radical (unpaired) electrons. The van der Waals surface area contributed by atoms with Crippen molar-refractivity contribution in [2.24, 2.45) is 0 Å². The molecule has 2 aliphatic heterocycles. The van der Waals surface area contributed by atoms with E-state index in [9.17, 15) is 15.0 Å². The average molecular weight is 559 g/mol. The number of rotatable bonds is 13. The molecule has 1 amide bonds. The molecule has 0 aromatic heterocycles. The first-order valence-corrected chi connectivity index (χ1v) is 13.9. The Morgan fingerprint density at radius 3 is 2.50 bits per heavy atom. The minimum atomic E-state index is -1.01. The number of carboxylic acid groups (broad SMARTS) is 1. The molecular weight excluding hydrogens is 516 g/mol. The molecule has 1 fully saturated rings. The number of nitrogens with zero attached hydrogens (tertiary/aromatic N) is 2. The third-order valence-corrected chi connectivity index (χ3v) is 7.46. The van der Waals surface area contributed by atoms with Crippen LogP contribution in [0.1, 0.15) is 36.8 Å². The summed E-state index contributed by atoms with van der Waals surface area (Å²) >= 11 is 0. The Balaban J connectivity index is 1.55. The molecule has 220 valence electrons. The molecule has 10 nitrogen and oxygen atoms in total. The summed E-state index contributed by atoms with van der Waals surface area (Å²) in [7, 11) is 3.33. The van der Waals surface area contributed by atoms with Crippen LogP contribution < -0.4 is 14.4 Å². The zero-order valence-electron chi connectivity index (χ0n) is 23.7. The summed E-state index contributed by atoms with van der Waals surface area (Å²) in [5, 5.41) is 19.6. The highest BCUT2D eigenvalue weighted by Gasteiger charge is 2.41. The van der Waals surface area contributed by atoms with E-state index in [0.29, 0.717) is 32.8 Å². The summed E-state index contributed by atoms with van der Waals surface area (Å²) in [5.74, 6) is 1.38. The Bertz CT molecular complexity index is 1080. The van der Waals surface area contributed by atoms with Gasteiger partial charge < -0.3 is 43.7 Å². The van der Waals surface area contributed by atoms with Crippen LogP contribution in [-0.4, -0.2) is 99.7 Å². The van der Waals surface area contributed by atoms with Crippen LogP contribution in [0.3, 0.4) is 0 Å². The number of benzene rings is 2. The summed E-state index contributed by atoms with van der Waals surface area (Å²) < 4.78 is 29.2. The molecule has 2 aliphatic rings. The predicted octanol–water partition coefficient (Wildman–Crippen LogP) is 3.75. The SMILES string of the molecule is COCCCN1CCOc2ccc(CO[C@H]3CN(C(=O)O)C[C@@H](OCCC(C)O)[C@@H]3c3ccc(OC)cc3)cc21. The summed E-state index contributed by atoms with van der Waals surface area (Å²) in [6, 6.07) is 13.8. The number of likely N-dealkylation sites (tertiary alicyclic amines) is 1. The lowest BCUT2D eigenvalue weighted by Crippen LogP contribution is -2.54. The van der Waals surface area contributed by atoms with Crippen LogP contribution in [0.25, 0.3) is 0 Å². The van der Waals surface area contributed by atoms with Gasteiger partial charge in [0.25, 0.3) is 0 Å². The second-order valence-electron chi connectivity index (χ2n) is 10.4. The monoisotopic (exact) mass is 558 g/mol. The minimum absolute atomic E-state index is 0.206. The van der Waals surface area contributed by atoms with Gasteiger partial charge in [0.15, 0.2) is 0 Å². The van der Waals surface area contributed by atoms with Crippen molar-refractivity contribution in [1.29, 1.82) is 0 Å². The number of piperidine rings is 1. The second kappa shape index (κ2) is 14.5. The predicted molar refractivity (Wildman–Crippen MR) is 151 cm³/mol. The maximum atomic E-state index is 12.1. The zero-order chi connectivity index (χ0) is 28.5. The van der Waals surface area contributed by atoms with Crippen molar-refractivity contribution < 1.29 is 38.7 Å². The van der Waals surface area contributed by atoms with Crippen LogP contribution in [0.4, 0.5) is 10.5 Å². The molecule has 4 rings (SSSR count). The third kappa shape index (κ3) is 7.78. The van der Waals surface area contributed by atoms with Gasteiger partial charge in [-0.05, 0) is 55.2 Å². The Labute approximate surface area is 236 Å². The molecule has 2 N–H and O–H groups in total. The van der Waals surface area contributed by atoms with Gasteiger partial charge in [0, 0.05) is 32.8 Å². The molecule has 1 saturated heterocycles. The van der Waals surface area contributed by atoms with Crippen LogP contribution >= 0.6 is 0 Å². The molecule has 2 heterocycles. The number of fused-ring (bicyclic) bond motifs is 1. The van der Waals surface area contributed by atoms with Crippen molar-refractivity contribution in [1.82, 2.24) is 4.90 Å². The van der Waals surface area contributed by atoms with Gasteiger partial charge in [0.05, 0.1) is 57.4 Å². The molecule has 0 spiro atoms. The van der Waals surface area contributed by atoms with E-state index in [2.05, 4.69) is 11.0 Å². The molecule has 0 bridgehead atoms. The van der Waals surface area contributed by atoms with E-state index in [0.717, 1.165) is 47.8 Å². The van der Waals surface area contributed by atoms with Crippen molar-refractivity contribution in [3.05, 3.63) is 53.6 Å². The molecule has 1 unspecified atom stereocenters. The fourth-order valence-electron chi connectivity index (χ4n) is 5.33. The third-order valence-electron chi connectivity index (χ3n) is 7.46. The number of hydrogen-bond donors (Lipinski definition) is 2. The molecule has 0 saturated carbocycles. The van der Waals surface area contributed by atoms with Crippen molar-refractivity contribution in [3.8, 4) is 11.5 Å². The average Bonchev–Trinajstić information content (AvgIpc) is 2.96. The Hall–Kier alpha value is -3.05. The highest BCUT2D eigenvalue weighted by atomic mass is 16.5. The quantitative estimate of drug-likeness (QED) is 0.355. The van der Waals surface area contributed by atoms with Gasteiger partial charge in [0.1, 0.15) is 18.1 Å². The van der Waals surface area contributed by atoms with E-state index in [1.54, 1.807) is 21.1 Å². The van der Waals surface area contributed by atoms with Gasteiger partial charge in [-0.3, -0.25) is 0 Å². The molecular formula is C30H42N2O8. The standard InChI is InChI=1S/C30H42N2O8/c1-21(33)11-15-38-27-18-32(30(34)35)19-28(29(27)23-6-8-24(37-3)9-7-23)40-20-22-5-10-26-25(17-22)31(13-16-39-26)12-4-14-36-2/h5-10,17,21,27-29,33H,4,11-16,18-20H2,1-3H3,(H,34,35)/t21?,27-,28+,29+/m1/s1. The first-order valence-electron chi connectivity index (χ1n) is 13.9. The van der Waals surface area contributed by atoms with Crippen LogP contribution in [0.5, 0.6) is 11.5 Å². The molecule has 2 aromatic rings. The van der Waals surface area contributed by atoms with Crippen molar-refractivity contribution in [2.45, 2.75) is 50.6 Å². The lowest BCUT2D eigenvalue weighted by molar-refractivity contribution is -0.0921. The van der Waals surface area contributed by atoms with Crippen LogP contribution in [-0.2, 0) is 20.8 Å². The van der Waals surface area contributed by atoms with Crippen molar-refractivity contribution >= 4 is 11.8 Å². The van der Waals surface area contributed by atoms with E-state index < -0.39 is 24.4 Å². The van der Waals surface area contributed by atoms with Gasteiger partial charge in [0.2, 0.25) is 0 Å². The van der Waals surface area contributed by atoms with Gasteiger partial charge in [-0.2, -0.15) is 0 Å². The highest BCUT2D eigenvalue weighted by Crippen LogP contribution is 2.36. The number of carbonyl (C=O) groups is 1. The Morgan fingerprint density at radius 1 is 1.07 bits per heavy atom. The maximum Gasteiger partial charge on any atom is 0.407 e. The van der Waals surface area contributed by atoms with Gasteiger partial charge in [-0.1, -0.05) is 18.2 Å². The lowest BCUT2D eigenvalue weighted by atomic mass is 9.84. The number of amides is 1. The number of aliphatic hydroxyl groups excluding tert-OH is 1. The van der Waals surface area contributed by atoms with Crippen molar-refractivity contribution in [2.75, 3.05) is 65.1 Å². The number of ether oxygens (including phenoxy) is 5. The first-order chi connectivity index (χ1) is 19.4. The van der Waals surface area contributed by atoms with E-state index in [4.69, 9.17) is 23.7 Å². The zero-order valence-corrected chi connectivity index (χ0v) is 23.7. The van der Waals surface area contributed by atoms with E-state index in [1.807, 2.05) is 36.4 Å². The summed E-state index contributed by atoms with van der Waals surface area (Å²) in [6.45, 7) is 5.80. The van der Waals surface area contributed by atoms with Crippen molar-refractivity contribution in [3.63, 3.8) is 0 Å². The smallest absolute Gasteiger partial charge is 0.407 e. The molecule has 40 heavy (non-hydrogen) atoms. The largest absolute Gasteiger partial charge is 0.497 e. The summed E-state index contributed by atoms with van der Waals surface area (Å²) in [4.78, 5) is 15.7. The van der Waals surface area contributed by atoms with Crippen LogP contribution in [0.15, 0.2) is 42.5 Å². The van der Waals surface area contributed by atoms with Gasteiger partial charge >= 0.3 is 6.09 Å². The Morgan fingerprint density at radius 2 is 1.82 bits per heavy atom. The lowest BCUT2D eigenvalue weighted by Gasteiger charge is -2.42. The number of hydrogen-bond acceptors (Lipinski definition) is 8. The fraction of sp³-hybridized carbons (Fsp3) is 0.567. The minimum Gasteiger partial charge on any atom is -0.497 e. The first kappa shape index (κ1) is 29.9. The number of methoxy groups -OCH3 is 2. The molecule has 0 aliphatic carbocycles. The van der Waals surface area contributed by atoms with E-state index in [1.165, 1.54) is 4.90 Å². The fourth-order valence-corrected chi connectivity index (χ4v) is 5.33. The number of anilines is 1. The van der Waals surface area contributed by atoms with Crippen LogP contribution in [0.2, 0.25) is 0 Å². The Kier molecular flexibility index (Phi) is 10.9. The summed E-state index contributed by atoms with van der Waals surface area (Å²) in [5.41, 5.74) is 3.00. The second-order valence-corrected chi connectivity index (χ2v) is 10.4. The highest BCUT2D eigenvalue weighted by molar-refractivity contribution is 5.65. The van der Waals surface area contributed by atoms with Gasteiger partial charge in [-0.15, -0.1) is 0 Å². The molecule has 4 atom stereocenters. The molecule has 2 aromatic carbocycles. The van der Waals surface area contributed by atoms with E-state index >= 15 is 0 Å².